The maximum Gasteiger partial charge on any atom is 0.242 e. The molecule has 3 N–H and O–H groups in total. The molecular weight excluding hydrogens is 571 g/mol. The molecular formula is C28H29FN4O6S2. The van der Waals surface area contributed by atoms with Gasteiger partial charge in [0.15, 0.2) is 0 Å². The van der Waals surface area contributed by atoms with Crippen LogP contribution in [0.5, 0.6) is 5.75 Å². The van der Waals surface area contributed by atoms with E-state index in [4.69, 9.17) is 4.74 Å². The first-order valence-electron chi connectivity index (χ1n) is 12.9. The Morgan fingerprint density at radius 2 is 1.93 bits per heavy atom. The Balaban J connectivity index is 1.42. The zero-order valence-corrected chi connectivity index (χ0v) is 23.8. The van der Waals surface area contributed by atoms with Gasteiger partial charge in [0.25, 0.3) is 0 Å². The number of benzene rings is 2. The summed E-state index contributed by atoms with van der Waals surface area (Å²) in [6, 6.07) is 13.3. The first kappa shape index (κ1) is 28.7. The summed E-state index contributed by atoms with van der Waals surface area (Å²) in [7, 11) is -6.31. The van der Waals surface area contributed by atoms with Gasteiger partial charge in [-0.2, -0.15) is 0 Å². The molecule has 1 aromatic heterocycles. The molecule has 0 bridgehead atoms. The zero-order valence-electron chi connectivity index (χ0n) is 22.1. The molecule has 0 saturated carbocycles. The highest BCUT2D eigenvalue weighted by Gasteiger charge is 2.37. The molecule has 1 amide bonds. The molecule has 2 unspecified atom stereocenters. The second kappa shape index (κ2) is 11.6. The second-order valence-corrected chi connectivity index (χ2v) is 13.5. The minimum absolute atomic E-state index is 0.147. The van der Waals surface area contributed by atoms with Crippen molar-refractivity contribution in [3.05, 3.63) is 106 Å². The van der Waals surface area contributed by atoms with Gasteiger partial charge in [-0.25, -0.2) is 30.9 Å². The van der Waals surface area contributed by atoms with Crippen molar-refractivity contribution < 1.29 is 30.8 Å². The standard InChI is InChI=1S/C28H29FN4O6S2/c1-39-25-8-3-2-5-20(25)14-22-17-30-28(31-22)24(32-40(35,36)23-7-4-6-21(29)15-23)13-18-9-11-19(12-10-18)26-16-27(34)33-41(26,37)38/h2-3,5,7-12,15,17,24,26,32H,4,6,13-14,16H2,1H3,(H,30,31)(H,33,34). The van der Waals surface area contributed by atoms with Crippen LogP contribution in [-0.2, 0) is 37.7 Å². The van der Waals surface area contributed by atoms with E-state index in [1.165, 1.54) is 6.08 Å². The fourth-order valence-electron chi connectivity index (χ4n) is 4.92. The van der Waals surface area contributed by atoms with Crippen molar-refractivity contribution in [3.63, 3.8) is 0 Å². The number of nitrogens with one attached hydrogen (secondary N) is 3. The summed E-state index contributed by atoms with van der Waals surface area (Å²) < 4.78 is 75.0. The number of nitrogens with zero attached hydrogens (tertiary/aromatic N) is 1. The van der Waals surface area contributed by atoms with Crippen LogP contribution < -0.4 is 14.2 Å². The van der Waals surface area contributed by atoms with E-state index in [-0.39, 0.29) is 30.6 Å². The van der Waals surface area contributed by atoms with Crippen LogP contribution in [0, 0.1) is 0 Å². The van der Waals surface area contributed by atoms with E-state index in [0.717, 1.165) is 17.3 Å². The van der Waals surface area contributed by atoms with Crippen LogP contribution in [0.4, 0.5) is 4.39 Å². The number of imidazole rings is 1. The summed E-state index contributed by atoms with van der Waals surface area (Å²) in [5, 5.41) is -0.985. The third kappa shape index (κ3) is 6.58. The monoisotopic (exact) mass is 600 g/mol. The lowest BCUT2D eigenvalue weighted by atomic mass is 10.0. The SMILES string of the molecule is COc1ccccc1Cc1cnc(C(Cc2ccc(C3CC(=O)NS3(=O)=O)cc2)NS(=O)(=O)C2=CCCC(F)=C2)[nH]1. The van der Waals surface area contributed by atoms with Gasteiger partial charge in [0.2, 0.25) is 26.0 Å². The number of sulfonamides is 2. The second-order valence-electron chi connectivity index (χ2n) is 9.90. The summed E-state index contributed by atoms with van der Waals surface area (Å²) in [6.45, 7) is 0. The molecule has 0 radical (unpaired) electrons. The Labute approximate surface area is 237 Å². The van der Waals surface area contributed by atoms with Crippen molar-refractivity contribution in [1.82, 2.24) is 19.4 Å². The first-order valence-corrected chi connectivity index (χ1v) is 15.9. The van der Waals surface area contributed by atoms with Crippen LogP contribution in [0.1, 0.15) is 58.8 Å². The summed E-state index contributed by atoms with van der Waals surface area (Å²) in [6.07, 6.45) is 5.01. The van der Waals surface area contributed by atoms with Gasteiger partial charge >= 0.3 is 0 Å². The van der Waals surface area contributed by atoms with Crippen LogP contribution in [0.15, 0.2) is 77.6 Å². The quantitative estimate of drug-likeness (QED) is 0.322. The van der Waals surface area contributed by atoms with Crippen molar-refractivity contribution in [3.8, 4) is 5.75 Å². The Morgan fingerprint density at radius 3 is 2.61 bits per heavy atom. The van der Waals surface area contributed by atoms with Gasteiger partial charge in [-0.05, 0) is 36.1 Å². The van der Waals surface area contributed by atoms with Crippen LogP contribution in [-0.4, -0.2) is 39.8 Å². The number of hydrogen-bond acceptors (Lipinski definition) is 7. The molecule has 10 nitrogen and oxygen atoms in total. The molecule has 3 aromatic rings. The van der Waals surface area contributed by atoms with Crippen LogP contribution in [0.25, 0.3) is 0 Å². The van der Waals surface area contributed by atoms with Crippen molar-refractivity contribution in [2.24, 2.45) is 0 Å². The Kier molecular flexibility index (Phi) is 8.11. The highest BCUT2D eigenvalue weighted by Crippen LogP contribution is 2.31. The highest BCUT2D eigenvalue weighted by atomic mass is 32.2. The molecule has 0 spiro atoms. The number of methoxy groups -OCH3 is 1. The summed E-state index contributed by atoms with van der Waals surface area (Å²) >= 11 is 0. The molecule has 1 saturated heterocycles. The molecule has 5 rings (SSSR count). The first-order chi connectivity index (χ1) is 19.5. The molecule has 2 heterocycles. The third-order valence-corrected chi connectivity index (χ3v) is 10.2. The molecule has 1 aliphatic heterocycles. The number of ether oxygens (including phenoxy) is 1. The third-order valence-electron chi connectivity index (χ3n) is 6.98. The average molecular weight is 601 g/mol. The number of rotatable bonds is 10. The number of H-pyrrole nitrogens is 1. The van der Waals surface area contributed by atoms with E-state index in [1.807, 2.05) is 29.0 Å². The molecule has 2 atom stereocenters. The zero-order chi connectivity index (χ0) is 29.2. The van der Waals surface area contributed by atoms with Gasteiger partial charge in [-0.15, -0.1) is 0 Å². The molecule has 13 heteroatoms. The van der Waals surface area contributed by atoms with Crippen LogP contribution >= 0.6 is 0 Å². The lowest BCUT2D eigenvalue weighted by Crippen LogP contribution is -2.31. The molecule has 2 aliphatic rings. The number of carbonyl (C=O) groups is 1. The van der Waals surface area contributed by atoms with E-state index in [9.17, 15) is 26.0 Å². The summed E-state index contributed by atoms with van der Waals surface area (Å²) in [5.41, 5.74) is 2.80. The van der Waals surface area contributed by atoms with E-state index in [2.05, 4.69) is 14.7 Å². The number of allylic oxidation sites excluding steroid dienone is 3. The lowest BCUT2D eigenvalue weighted by Gasteiger charge is -2.19. The van der Waals surface area contributed by atoms with Crippen molar-refractivity contribution in [1.29, 1.82) is 0 Å². The van der Waals surface area contributed by atoms with Crippen molar-refractivity contribution >= 4 is 26.0 Å². The van der Waals surface area contributed by atoms with Crippen LogP contribution in [0.3, 0.4) is 0 Å². The number of hydrogen-bond donors (Lipinski definition) is 3. The average Bonchev–Trinajstić information content (AvgIpc) is 3.51. The van der Waals surface area contributed by atoms with Crippen LogP contribution in [0.2, 0.25) is 0 Å². The Hall–Kier alpha value is -3.81. The molecule has 216 valence electrons. The van der Waals surface area contributed by atoms with E-state index in [1.54, 1.807) is 37.6 Å². The predicted octanol–water partition coefficient (Wildman–Crippen LogP) is 3.63. The number of carbonyl (C=O) groups excluding carboxylic acids is 1. The van der Waals surface area contributed by atoms with Crippen molar-refractivity contribution in [2.45, 2.75) is 43.4 Å². The van der Waals surface area contributed by atoms with Gasteiger partial charge in [0.1, 0.15) is 22.7 Å². The van der Waals surface area contributed by atoms with E-state index < -0.39 is 43.1 Å². The topological polar surface area (TPSA) is 147 Å². The minimum Gasteiger partial charge on any atom is -0.496 e. The normalized spacial score (nSPS) is 19.3. The number of aromatic nitrogens is 2. The Morgan fingerprint density at radius 1 is 1.17 bits per heavy atom. The fourth-order valence-corrected chi connectivity index (χ4v) is 7.68. The Bertz CT molecular complexity index is 1730. The smallest absolute Gasteiger partial charge is 0.242 e. The maximum absolute atomic E-state index is 13.9. The van der Waals surface area contributed by atoms with Crippen molar-refractivity contribution in [2.75, 3.05) is 7.11 Å². The van der Waals surface area contributed by atoms with Gasteiger partial charge in [-0.3, -0.25) is 9.52 Å². The molecule has 41 heavy (non-hydrogen) atoms. The molecule has 1 fully saturated rings. The van der Waals surface area contributed by atoms with E-state index in [0.29, 0.717) is 29.1 Å². The fraction of sp³-hybridized carbons (Fsp3) is 0.286. The number of para-hydroxylation sites is 1. The van der Waals surface area contributed by atoms with E-state index >= 15 is 0 Å². The number of aromatic amines is 1. The summed E-state index contributed by atoms with van der Waals surface area (Å²) in [5.74, 6) is 0.00142. The predicted molar refractivity (Wildman–Crippen MR) is 150 cm³/mol. The maximum atomic E-state index is 13.9. The van der Waals surface area contributed by atoms with Gasteiger partial charge in [-0.1, -0.05) is 48.5 Å². The lowest BCUT2D eigenvalue weighted by molar-refractivity contribution is -0.118. The van der Waals surface area contributed by atoms with Gasteiger partial charge < -0.3 is 9.72 Å². The number of halogens is 1. The molecule has 2 aromatic carbocycles. The number of amides is 1. The highest BCUT2D eigenvalue weighted by molar-refractivity contribution is 7.93. The van der Waals surface area contributed by atoms with Gasteiger partial charge in [0.05, 0.1) is 24.5 Å². The minimum atomic E-state index is -4.10. The molecule has 1 aliphatic carbocycles. The summed E-state index contributed by atoms with van der Waals surface area (Å²) in [4.78, 5) is 19.2. The largest absolute Gasteiger partial charge is 0.496 e. The van der Waals surface area contributed by atoms with Gasteiger partial charge in [0, 0.05) is 30.3 Å².